The van der Waals surface area contributed by atoms with Gasteiger partial charge in [-0.05, 0) is 36.8 Å². The van der Waals surface area contributed by atoms with E-state index in [0.717, 1.165) is 5.56 Å². The van der Waals surface area contributed by atoms with Crippen molar-refractivity contribution in [1.82, 2.24) is 0 Å². The molecular formula is C20H21N3O6. The number of carbonyl (C=O) groups is 2. The Hall–Kier alpha value is -3.62. The predicted molar refractivity (Wildman–Crippen MR) is 106 cm³/mol. The Balaban J connectivity index is 1.77. The van der Waals surface area contributed by atoms with E-state index in [0.29, 0.717) is 11.4 Å². The molecule has 0 spiro atoms. The number of nitrogens with zero attached hydrogens (tertiary/aromatic N) is 2. The second kappa shape index (κ2) is 8.17. The van der Waals surface area contributed by atoms with Gasteiger partial charge >= 0.3 is 5.69 Å². The van der Waals surface area contributed by atoms with Gasteiger partial charge in [0.2, 0.25) is 11.8 Å². The van der Waals surface area contributed by atoms with Gasteiger partial charge in [-0.25, -0.2) is 0 Å². The maximum absolute atomic E-state index is 12.7. The lowest BCUT2D eigenvalue weighted by Crippen LogP contribution is -2.28. The summed E-state index contributed by atoms with van der Waals surface area (Å²) in [7, 11) is 2.86. The summed E-state index contributed by atoms with van der Waals surface area (Å²) in [5.74, 6) is -0.506. The van der Waals surface area contributed by atoms with E-state index in [4.69, 9.17) is 9.47 Å². The number of hydrogen-bond acceptors (Lipinski definition) is 6. The number of ether oxygens (including phenoxy) is 2. The number of rotatable bonds is 6. The molecule has 2 aromatic rings. The van der Waals surface area contributed by atoms with Crippen LogP contribution in [-0.4, -0.2) is 37.5 Å². The zero-order valence-corrected chi connectivity index (χ0v) is 16.3. The summed E-state index contributed by atoms with van der Waals surface area (Å²) in [5, 5.41) is 13.8. The molecule has 0 aromatic heterocycles. The van der Waals surface area contributed by atoms with Gasteiger partial charge in [-0.15, -0.1) is 0 Å². The summed E-state index contributed by atoms with van der Waals surface area (Å²) < 4.78 is 10.3. The maximum atomic E-state index is 12.7. The number of nitro groups is 1. The molecule has 2 amide bonds. The maximum Gasteiger partial charge on any atom is 0.312 e. The van der Waals surface area contributed by atoms with Gasteiger partial charge in [-0.3, -0.25) is 19.7 Å². The zero-order chi connectivity index (χ0) is 21.1. The molecule has 0 saturated carbocycles. The van der Waals surface area contributed by atoms with Crippen molar-refractivity contribution < 1.29 is 24.0 Å². The highest BCUT2D eigenvalue weighted by Crippen LogP contribution is 2.35. The van der Waals surface area contributed by atoms with Gasteiger partial charge < -0.3 is 19.7 Å². The third kappa shape index (κ3) is 4.13. The molecule has 0 aliphatic carbocycles. The van der Waals surface area contributed by atoms with Crippen molar-refractivity contribution in [1.29, 1.82) is 0 Å². The first kappa shape index (κ1) is 20.1. The Morgan fingerprint density at radius 1 is 1.17 bits per heavy atom. The first-order valence-electron chi connectivity index (χ1n) is 8.92. The molecule has 1 aliphatic rings. The molecule has 1 fully saturated rings. The molecule has 1 atom stereocenters. The molecule has 1 saturated heterocycles. The first-order chi connectivity index (χ1) is 13.8. The number of aryl methyl sites for hydroxylation is 1. The topological polar surface area (TPSA) is 111 Å². The van der Waals surface area contributed by atoms with E-state index in [1.807, 2.05) is 19.1 Å². The Kier molecular flexibility index (Phi) is 5.67. The van der Waals surface area contributed by atoms with Crippen molar-refractivity contribution in [2.45, 2.75) is 13.3 Å². The van der Waals surface area contributed by atoms with Crippen LogP contribution in [-0.2, 0) is 9.59 Å². The minimum Gasteiger partial charge on any atom is -0.495 e. The summed E-state index contributed by atoms with van der Waals surface area (Å²) in [6.45, 7) is 2.10. The Labute approximate surface area is 167 Å². The van der Waals surface area contributed by atoms with Crippen LogP contribution in [0.2, 0.25) is 0 Å². The molecule has 0 radical (unpaired) electrons. The molecule has 0 bridgehead atoms. The molecule has 1 unspecified atom stereocenters. The standard InChI is InChI=1S/C20H21N3O6/c1-12-4-6-17(28-2)15(8-12)22-11-13(9-19(22)24)20(25)21-14-5-7-18(29-3)16(10-14)23(26)27/h4-8,10,13H,9,11H2,1-3H3,(H,21,25). The lowest BCUT2D eigenvalue weighted by Gasteiger charge is -2.20. The van der Waals surface area contributed by atoms with Crippen LogP contribution < -0.4 is 19.7 Å². The molecule has 1 N–H and O–H groups in total. The lowest BCUT2D eigenvalue weighted by atomic mass is 10.1. The van der Waals surface area contributed by atoms with Crippen molar-refractivity contribution in [2.75, 3.05) is 31.0 Å². The fourth-order valence-electron chi connectivity index (χ4n) is 3.28. The minimum atomic E-state index is -0.589. The van der Waals surface area contributed by atoms with E-state index in [1.54, 1.807) is 6.07 Å². The Morgan fingerprint density at radius 3 is 2.52 bits per heavy atom. The summed E-state index contributed by atoms with van der Waals surface area (Å²) in [6, 6.07) is 9.66. The number of hydrogen-bond donors (Lipinski definition) is 1. The quantitative estimate of drug-likeness (QED) is 0.591. The molecule has 9 nitrogen and oxygen atoms in total. The molecular weight excluding hydrogens is 378 g/mol. The fourth-order valence-corrected chi connectivity index (χ4v) is 3.28. The minimum absolute atomic E-state index is 0.0428. The van der Waals surface area contributed by atoms with E-state index in [9.17, 15) is 19.7 Å². The van der Waals surface area contributed by atoms with E-state index in [1.165, 1.54) is 37.3 Å². The van der Waals surface area contributed by atoms with E-state index >= 15 is 0 Å². The van der Waals surface area contributed by atoms with Gasteiger partial charge in [0.15, 0.2) is 5.75 Å². The van der Waals surface area contributed by atoms with Crippen LogP contribution in [0.4, 0.5) is 17.1 Å². The molecule has 29 heavy (non-hydrogen) atoms. The number of carbonyl (C=O) groups excluding carboxylic acids is 2. The van der Waals surface area contributed by atoms with Crippen molar-refractivity contribution in [3.8, 4) is 11.5 Å². The molecule has 1 heterocycles. The van der Waals surface area contributed by atoms with E-state index in [2.05, 4.69) is 5.32 Å². The highest BCUT2D eigenvalue weighted by atomic mass is 16.6. The summed E-state index contributed by atoms with van der Waals surface area (Å²) in [6.07, 6.45) is 0.0428. The zero-order valence-electron chi connectivity index (χ0n) is 16.3. The third-order valence-corrected chi connectivity index (χ3v) is 4.76. The number of nitrogens with one attached hydrogen (secondary N) is 1. The van der Waals surface area contributed by atoms with Crippen LogP contribution in [0.25, 0.3) is 0 Å². The SMILES string of the molecule is COc1ccc(C)cc1N1CC(C(=O)Nc2ccc(OC)c([N+](=O)[O-])c2)CC1=O. The van der Waals surface area contributed by atoms with Gasteiger partial charge in [0, 0.05) is 24.7 Å². The first-order valence-corrected chi connectivity index (χ1v) is 8.92. The number of benzene rings is 2. The van der Waals surface area contributed by atoms with Crippen LogP contribution in [0.1, 0.15) is 12.0 Å². The van der Waals surface area contributed by atoms with Crippen LogP contribution in [0.5, 0.6) is 11.5 Å². The molecule has 152 valence electrons. The second-order valence-electron chi connectivity index (χ2n) is 6.71. The summed E-state index contributed by atoms with van der Waals surface area (Å²) in [4.78, 5) is 37.3. The molecule has 2 aromatic carbocycles. The highest BCUT2D eigenvalue weighted by Gasteiger charge is 2.36. The summed E-state index contributed by atoms with van der Waals surface area (Å²) >= 11 is 0. The van der Waals surface area contributed by atoms with Crippen molar-refractivity contribution in [2.24, 2.45) is 5.92 Å². The van der Waals surface area contributed by atoms with Crippen LogP contribution in [0, 0.1) is 23.0 Å². The smallest absolute Gasteiger partial charge is 0.312 e. The van der Waals surface area contributed by atoms with Crippen LogP contribution in [0.15, 0.2) is 36.4 Å². The largest absolute Gasteiger partial charge is 0.495 e. The average molecular weight is 399 g/mol. The number of amides is 2. The van der Waals surface area contributed by atoms with Crippen molar-refractivity contribution in [3.63, 3.8) is 0 Å². The van der Waals surface area contributed by atoms with Crippen molar-refractivity contribution in [3.05, 3.63) is 52.1 Å². The van der Waals surface area contributed by atoms with E-state index < -0.39 is 10.8 Å². The van der Waals surface area contributed by atoms with Crippen LogP contribution in [0.3, 0.4) is 0 Å². The monoisotopic (exact) mass is 399 g/mol. The number of methoxy groups -OCH3 is 2. The van der Waals surface area contributed by atoms with Gasteiger partial charge in [-0.1, -0.05) is 6.07 Å². The van der Waals surface area contributed by atoms with Crippen molar-refractivity contribution >= 4 is 28.9 Å². The van der Waals surface area contributed by atoms with Crippen LogP contribution >= 0.6 is 0 Å². The Bertz CT molecular complexity index is 975. The highest BCUT2D eigenvalue weighted by molar-refractivity contribution is 6.04. The fraction of sp³-hybridized carbons (Fsp3) is 0.300. The third-order valence-electron chi connectivity index (χ3n) is 4.76. The summed E-state index contributed by atoms with van der Waals surface area (Å²) in [5.41, 5.74) is 1.60. The average Bonchev–Trinajstić information content (AvgIpc) is 3.09. The normalized spacial score (nSPS) is 15.9. The van der Waals surface area contributed by atoms with Gasteiger partial charge in [0.25, 0.3) is 0 Å². The second-order valence-corrected chi connectivity index (χ2v) is 6.71. The molecule has 1 aliphatic heterocycles. The lowest BCUT2D eigenvalue weighted by molar-refractivity contribution is -0.385. The van der Waals surface area contributed by atoms with Gasteiger partial charge in [0.1, 0.15) is 5.75 Å². The number of anilines is 2. The molecule has 9 heteroatoms. The van der Waals surface area contributed by atoms with E-state index in [-0.39, 0.29) is 41.9 Å². The van der Waals surface area contributed by atoms with Gasteiger partial charge in [-0.2, -0.15) is 0 Å². The molecule has 3 rings (SSSR count). The predicted octanol–water partition coefficient (Wildman–Crippen LogP) is 2.91. The number of nitro benzene ring substituents is 1. The Morgan fingerprint density at radius 2 is 1.86 bits per heavy atom. The van der Waals surface area contributed by atoms with Gasteiger partial charge in [0.05, 0.1) is 30.7 Å².